The van der Waals surface area contributed by atoms with Gasteiger partial charge in [0.1, 0.15) is 4.60 Å². The summed E-state index contributed by atoms with van der Waals surface area (Å²) < 4.78 is 1.11. The number of carbonyl (C=O) groups is 2. The summed E-state index contributed by atoms with van der Waals surface area (Å²) in [6, 6.07) is 4.79. The quantitative estimate of drug-likeness (QED) is 0.582. The largest absolute Gasteiger partial charge is 0.349 e. The summed E-state index contributed by atoms with van der Waals surface area (Å²) >= 11 is 12.7. The van der Waals surface area contributed by atoms with E-state index in [0.29, 0.717) is 31.3 Å². The van der Waals surface area contributed by atoms with Crippen molar-refractivity contribution in [2.24, 2.45) is 5.92 Å². The number of benzene rings is 1. The number of carbonyl (C=O) groups excluding carboxylic acids is 2. The number of aromatic amines is 1. The van der Waals surface area contributed by atoms with Crippen molar-refractivity contribution in [1.82, 2.24) is 15.5 Å². The Morgan fingerprint density at radius 2 is 2.00 bits per heavy atom. The van der Waals surface area contributed by atoms with Crippen LogP contribution in [0.25, 0.3) is 0 Å². The fourth-order valence-electron chi connectivity index (χ4n) is 2.47. The van der Waals surface area contributed by atoms with E-state index in [4.69, 9.17) is 11.6 Å². The molecule has 0 spiro atoms. The van der Waals surface area contributed by atoms with Crippen LogP contribution in [0, 0.1) is 5.92 Å². The van der Waals surface area contributed by atoms with Gasteiger partial charge in [0.25, 0.3) is 11.8 Å². The molecular weight excluding hydrogens is 475 g/mol. The molecule has 6 nitrogen and oxygen atoms in total. The van der Waals surface area contributed by atoms with E-state index in [0.717, 1.165) is 12.8 Å². The number of aromatic nitrogens is 2. The zero-order chi connectivity index (χ0) is 18.1. The molecule has 1 saturated carbocycles. The van der Waals surface area contributed by atoms with Crippen LogP contribution in [0.15, 0.2) is 27.3 Å². The summed E-state index contributed by atoms with van der Waals surface area (Å²) in [5, 5.41) is 12.6. The maximum absolute atomic E-state index is 12.7. The van der Waals surface area contributed by atoms with Gasteiger partial charge in [-0.15, -0.1) is 0 Å². The normalized spacial score (nSPS) is 14.9. The molecule has 9 heteroatoms. The molecule has 0 radical (unpaired) electrons. The van der Waals surface area contributed by atoms with Crippen molar-refractivity contribution in [2.45, 2.75) is 25.8 Å². The lowest BCUT2D eigenvalue weighted by molar-refractivity contribution is 0.0936. The zero-order valence-electron chi connectivity index (χ0n) is 13.2. The molecule has 1 unspecified atom stereocenters. The van der Waals surface area contributed by atoms with Crippen molar-refractivity contribution < 1.29 is 9.59 Å². The first-order valence-electron chi connectivity index (χ1n) is 7.67. The van der Waals surface area contributed by atoms with Gasteiger partial charge in [0, 0.05) is 21.6 Å². The first-order valence-corrected chi connectivity index (χ1v) is 9.63. The Hall–Kier alpha value is -1.38. The molecule has 25 heavy (non-hydrogen) atoms. The number of halogens is 3. The Kier molecular flexibility index (Phi) is 5.50. The summed E-state index contributed by atoms with van der Waals surface area (Å²) in [6.07, 6.45) is 2.25. The van der Waals surface area contributed by atoms with E-state index in [2.05, 4.69) is 52.7 Å². The van der Waals surface area contributed by atoms with Crippen LogP contribution < -0.4 is 10.6 Å². The van der Waals surface area contributed by atoms with Crippen LogP contribution in [0.4, 0.5) is 5.69 Å². The Morgan fingerprint density at radius 3 is 2.60 bits per heavy atom. The predicted molar refractivity (Wildman–Crippen MR) is 103 cm³/mol. The first-order chi connectivity index (χ1) is 11.8. The van der Waals surface area contributed by atoms with Gasteiger partial charge >= 0.3 is 0 Å². The highest BCUT2D eigenvalue weighted by molar-refractivity contribution is 9.10. The van der Waals surface area contributed by atoms with Crippen LogP contribution in [0.5, 0.6) is 0 Å². The van der Waals surface area contributed by atoms with Crippen LogP contribution in [0.3, 0.4) is 0 Å². The van der Waals surface area contributed by atoms with E-state index in [9.17, 15) is 9.59 Å². The van der Waals surface area contributed by atoms with Gasteiger partial charge in [0.05, 0.1) is 11.3 Å². The summed E-state index contributed by atoms with van der Waals surface area (Å²) in [5.74, 6) is -0.193. The monoisotopic (exact) mass is 488 g/mol. The minimum absolute atomic E-state index is 0.0797. The van der Waals surface area contributed by atoms with Crippen molar-refractivity contribution in [3.63, 3.8) is 0 Å². The van der Waals surface area contributed by atoms with Gasteiger partial charge in [-0.3, -0.25) is 14.7 Å². The maximum atomic E-state index is 12.7. The van der Waals surface area contributed by atoms with E-state index in [1.54, 1.807) is 12.1 Å². The maximum Gasteiger partial charge on any atom is 0.276 e. The van der Waals surface area contributed by atoms with Gasteiger partial charge in [-0.05, 0) is 69.7 Å². The molecule has 0 aliphatic heterocycles. The van der Waals surface area contributed by atoms with Crippen molar-refractivity contribution in [1.29, 1.82) is 0 Å². The molecule has 1 aromatic carbocycles. The predicted octanol–water partition coefficient (Wildman–Crippen LogP) is 4.37. The van der Waals surface area contributed by atoms with Gasteiger partial charge in [-0.2, -0.15) is 5.10 Å². The van der Waals surface area contributed by atoms with Gasteiger partial charge < -0.3 is 10.6 Å². The van der Waals surface area contributed by atoms with Crippen LogP contribution >= 0.6 is 43.5 Å². The molecule has 2 amide bonds. The van der Waals surface area contributed by atoms with E-state index >= 15 is 0 Å². The minimum Gasteiger partial charge on any atom is -0.349 e. The lowest BCUT2D eigenvalue weighted by Gasteiger charge is -2.17. The van der Waals surface area contributed by atoms with E-state index in [1.165, 1.54) is 6.07 Å². The fraction of sp³-hybridized carbons (Fsp3) is 0.312. The molecule has 1 aliphatic rings. The van der Waals surface area contributed by atoms with E-state index in [-0.39, 0.29) is 17.6 Å². The smallest absolute Gasteiger partial charge is 0.276 e. The first kappa shape index (κ1) is 18.4. The molecule has 132 valence electrons. The molecular formula is C16H15Br2ClN4O2. The van der Waals surface area contributed by atoms with E-state index < -0.39 is 5.91 Å². The van der Waals surface area contributed by atoms with E-state index in [1.807, 2.05) is 6.92 Å². The average molecular weight is 491 g/mol. The fourth-order valence-corrected chi connectivity index (χ4v) is 3.69. The number of nitrogens with zero attached hydrogens (tertiary/aromatic N) is 1. The lowest BCUT2D eigenvalue weighted by Crippen LogP contribution is -2.34. The zero-order valence-corrected chi connectivity index (χ0v) is 17.1. The molecule has 1 atom stereocenters. The number of rotatable bonds is 5. The summed E-state index contributed by atoms with van der Waals surface area (Å²) in [6.45, 7) is 1.98. The average Bonchev–Trinajstić information content (AvgIpc) is 3.31. The third-order valence-corrected chi connectivity index (χ3v) is 5.26. The number of H-pyrrole nitrogens is 1. The summed E-state index contributed by atoms with van der Waals surface area (Å²) in [5.41, 5.74) is 0.857. The Bertz CT molecular complexity index is 836. The van der Waals surface area contributed by atoms with Gasteiger partial charge in [0.2, 0.25) is 0 Å². The Labute approximate surface area is 166 Å². The number of nitrogens with one attached hydrogen (secondary N) is 3. The highest BCUT2D eigenvalue weighted by atomic mass is 79.9. The van der Waals surface area contributed by atoms with Crippen molar-refractivity contribution in [3.8, 4) is 0 Å². The molecule has 3 rings (SSSR count). The SMILES string of the molecule is CC(NC(=O)c1cc(Cl)cc(Br)c1NC(=O)c1cc(Br)[nH]n1)C1CC1. The highest BCUT2D eigenvalue weighted by Crippen LogP contribution is 2.34. The molecule has 0 bridgehead atoms. The topological polar surface area (TPSA) is 86.9 Å². The van der Waals surface area contributed by atoms with Crippen LogP contribution in [-0.4, -0.2) is 28.1 Å². The van der Waals surface area contributed by atoms with Gasteiger partial charge in [-0.25, -0.2) is 0 Å². The van der Waals surface area contributed by atoms with Crippen LogP contribution in [-0.2, 0) is 0 Å². The number of amides is 2. The summed E-state index contributed by atoms with van der Waals surface area (Å²) in [7, 11) is 0. The second-order valence-corrected chi connectivity index (χ2v) is 8.11. The Morgan fingerprint density at radius 1 is 1.28 bits per heavy atom. The third kappa shape index (κ3) is 4.43. The molecule has 1 fully saturated rings. The van der Waals surface area contributed by atoms with Crippen molar-refractivity contribution in [3.05, 3.63) is 43.6 Å². The molecule has 3 N–H and O–H groups in total. The van der Waals surface area contributed by atoms with Gasteiger partial charge in [0.15, 0.2) is 5.69 Å². The molecule has 1 aliphatic carbocycles. The van der Waals surface area contributed by atoms with Crippen LogP contribution in [0.1, 0.15) is 40.6 Å². The standard InChI is InChI=1S/C16H15Br2ClN4O2/c1-7(8-2-3-8)20-15(24)10-4-9(19)5-11(17)14(10)21-16(25)12-6-13(18)23-22-12/h4-8H,2-3H2,1H3,(H,20,24)(H,21,25)(H,22,23). The number of hydrogen-bond donors (Lipinski definition) is 3. The minimum atomic E-state index is -0.436. The van der Waals surface area contributed by atoms with Gasteiger partial charge in [-0.1, -0.05) is 11.6 Å². The van der Waals surface area contributed by atoms with Crippen molar-refractivity contribution in [2.75, 3.05) is 5.32 Å². The third-order valence-electron chi connectivity index (χ3n) is 4.01. The molecule has 2 aromatic rings. The Balaban J connectivity index is 1.86. The lowest BCUT2D eigenvalue weighted by atomic mass is 10.1. The second-order valence-electron chi connectivity index (χ2n) is 5.96. The molecule has 1 heterocycles. The summed E-state index contributed by atoms with van der Waals surface area (Å²) in [4.78, 5) is 25.0. The number of hydrogen-bond acceptors (Lipinski definition) is 3. The van der Waals surface area contributed by atoms with Crippen LogP contribution in [0.2, 0.25) is 5.02 Å². The molecule has 0 saturated heterocycles. The molecule has 1 aromatic heterocycles. The number of anilines is 1. The van der Waals surface area contributed by atoms with Crippen molar-refractivity contribution >= 4 is 61.0 Å². The highest BCUT2D eigenvalue weighted by Gasteiger charge is 2.30. The second kappa shape index (κ2) is 7.47.